The summed E-state index contributed by atoms with van der Waals surface area (Å²) in [5, 5.41) is 6.29. The van der Waals surface area contributed by atoms with Crippen LogP contribution < -0.4 is 15.4 Å². The Morgan fingerprint density at radius 2 is 2.20 bits per heavy atom. The molecule has 1 amide bonds. The average molecular weight is 294 g/mol. The lowest BCUT2D eigenvalue weighted by molar-refractivity contribution is -0.116. The molecule has 20 heavy (non-hydrogen) atoms. The van der Waals surface area contributed by atoms with Crippen LogP contribution in [0.3, 0.4) is 0 Å². The molecule has 2 rings (SSSR count). The van der Waals surface area contributed by atoms with Gasteiger partial charge >= 0.3 is 0 Å². The molecule has 1 aromatic rings. The number of benzene rings is 1. The zero-order valence-corrected chi connectivity index (χ0v) is 12.8. The number of anilines is 1. The molecule has 0 aromatic heterocycles. The lowest BCUT2D eigenvalue weighted by Crippen LogP contribution is -2.39. The maximum atomic E-state index is 12.0. The highest BCUT2D eigenvalue weighted by atomic mass is 32.2. The summed E-state index contributed by atoms with van der Waals surface area (Å²) in [5.41, 5.74) is 0.814. The van der Waals surface area contributed by atoms with Crippen LogP contribution in [0.5, 0.6) is 5.75 Å². The molecule has 110 valence electrons. The van der Waals surface area contributed by atoms with Crippen molar-refractivity contribution in [3.05, 3.63) is 24.3 Å². The first-order chi connectivity index (χ1) is 9.63. The average Bonchev–Trinajstić information content (AvgIpc) is 2.41. The number of carbonyl (C=O) groups is 1. The van der Waals surface area contributed by atoms with Gasteiger partial charge in [-0.05, 0) is 38.1 Å². The number of hydrogen-bond acceptors (Lipinski definition) is 4. The standard InChI is InChI=1S/C15H22N2O2S/c1-11(2)19-14-5-3-12(4-6-14)17-15(18)9-13-10-20-8-7-16-13/h3-6,11,13,16H,7-10H2,1-2H3,(H,17,18). The summed E-state index contributed by atoms with van der Waals surface area (Å²) in [4.78, 5) is 12.0. The number of amides is 1. The fraction of sp³-hybridized carbons (Fsp3) is 0.533. The monoisotopic (exact) mass is 294 g/mol. The Hall–Kier alpha value is -1.20. The Morgan fingerprint density at radius 3 is 2.80 bits per heavy atom. The third-order valence-electron chi connectivity index (χ3n) is 2.94. The second kappa shape index (κ2) is 7.55. The van der Waals surface area contributed by atoms with E-state index >= 15 is 0 Å². The van der Waals surface area contributed by atoms with Crippen LogP contribution in [0.1, 0.15) is 20.3 Å². The van der Waals surface area contributed by atoms with E-state index in [1.54, 1.807) is 0 Å². The highest BCUT2D eigenvalue weighted by Crippen LogP contribution is 2.17. The van der Waals surface area contributed by atoms with Crippen molar-refractivity contribution in [3.63, 3.8) is 0 Å². The minimum absolute atomic E-state index is 0.0579. The lowest BCUT2D eigenvalue weighted by Gasteiger charge is -2.22. The molecule has 1 atom stereocenters. The first-order valence-corrected chi connectivity index (χ1v) is 8.16. The molecule has 1 saturated heterocycles. The predicted octanol–water partition coefficient (Wildman–Crippen LogP) is 2.51. The van der Waals surface area contributed by atoms with Gasteiger partial charge < -0.3 is 15.4 Å². The lowest BCUT2D eigenvalue weighted by atomic mass is 10.2. The van der Waals surface area contributed by atoms with Crippen LogP contribution in [-0.4, -0.2) is 36.1 Å². The third kappa shape index (κ3) is 5.06. The Kier molecular flexibility index (Phi) is 5.73. The van der Waals surface area contributed by atoms with Crippen LogP contribution in [0.15, 0.2) is 24.3 Å². The van der Waals surface area contributed by atoms with E-state index in [0.29, 0.717) is 6.42 Å². The minimum atomic E-state index is 0.0579. The van der Waals surface area contributed by atoms with Crippen molar-refractivity contribution in [2.24, 2.45) is 0 Å². The van der Waals surface area contributed by atoms with Gasteiger partial charge in [0.1, 0.15) is 5.75 Å². The molecule has 0 radical (unpaired) electrons. The molecule has 5 heteroatoms. The summed E-state index contributed by atoms with van der Waals surface area (Å²) in [6.45, 7) is 4.97. The van der Waals surface area contributed by atoms with Crippen molar-refractivity contribution in [2.45, 2.75) is 32.4 Å². The van der Waals surface area contributed by atoms with Crippen molar-refractivity contribution in [1.29, 1.82) is 0 Å². The van der Waals surface area contributed by atoms with Crippen molar-refractivity contribution in [3.8, 4) is 5.75 Å². The summed E-state index contributed by atoms with van der Waals surface area (Å²) < 4.78 is 5.57. The first kappa shape index (κ1) is 15.2. The highest BCUT2D eigenvalue weighted by molar-refractivity contribution is 7.99. The molecule has 0 spiro atoms. The van der Waals surface area contributed by atoms with Gasteiger partial charge in [0.2, 0.25) is 5.91 Å². The summed E-state index contributed by atoms with van der Waals surface area (Å²) >= 11 is 1.90. The number of hydrogen-bond donors (Lipinski definition) is 2. The molecular formula is C15H22N2O2S. The molecule has 2 N–H and O–H groups in total. The number of thioether (sulfide) groups is 1. The predicted molar refractivity (Wildman–Crippen MR) is 84.6 cm³/mol. The van der Waals surface area contributed by atoms with Crippen LogP contribution in [0.25, 0.3) is 0 Å². The van der Waals surface area contributed by atoms with E-state index in [4.69, 9.17) is 4.74 Å². The van der Waals surface area contributed by atoms with Gasteiger partial charge in [-0.15, -0.1) is 0 Å². The molecule has 0 saturated carbocycles. The van der Waals surface area contributed by atoms with E-state index in [1.165, 1.54) is 0 Å². The highest BCUT2D eigenvalue weighted by Gasteiger charge is 2.16. The van der Waals surface area contributed by atoms with Crippen LogP contribution in [-0.2, 0) is 4.79 Å². The second-order valence-electron chi connectivity index (χ2n) is 5.17. The van der Waals surface area contributed by atoms with Gasteiger partial charge in [-0.1, -0.05) is 0 Å². The van der Waals surface area contributed by atoms with Gasteiger partial charge in [0.15, 0.2) is 0 Å². The maximum Gasteiger partial charge on any atom is 0.225 e. The van der Waals surface area contributed by atoms with Crippen LogP contribution >= 0.6 is 11.8 Å². The molecule has 0 bridgehead atoms. The smallest absolute Gasteiger partial charge is 0.225 e. The van der Waals surface area contributed by atoms with Crippen LogP contribution in [0.2, 0.25) is 0 Å². The molecule has 0 aliphatic carbocycles. The van der Waals surface area contributed by atoms with Crippen molar-refractivity contribution < 1.29 is 9.53 Å². The Balaban J connectivity index is 1.81. The molecular weight excluding hydrogens is 272 g/mol. The quantitative estimate of drug-likeness (QED) is 0.876. The molecule has 1 heterocycles. The summed E-state index contributed by atoms with van der Waals surface area (Å²) in [7, 11) is 0. The van der Waals surface area contributed by atoms with E-state index < -0.39 is 0 Å². The van der Waals surface area contributed by atoms with E-state index in [1.807, 2.05) is 49.9 Å². The molecule has 1 aliphatic heterocycles. The fourth-order valence-electron chi connectivity index (χ4n) is 2.08. The zero-order valence-electron chi connectivity index (χ0n) is 12.0. The van der Waals surface area contributed by atoms with E-state index in [2.05, 4.69) is 10.6 Å². The normalized spacial score (nSPS) is 18.9. The Morgan fingerprint density at radius 1 is 1.45 bits per heavy atom. The summed E-state index contributed by atoms with van der Waals surface area (Å²) in [6, 6.07) is 7.80. The van der Waals surface area contributed by atoms with Gasteiger partial charge in [0.25, 0.3) is 0 Å². The largest absolute Gasteiger partial charge is 0.491 e. The molecule has 1 fully saturated rings. The molecule has 1 unspecified atom stereocenters. The van der Waals surface area contributed by atoms with Crippen molar-refractivity contribution >= 4 is 23.4 Å². The van der Waals surface area contributed by atoms with E-state index in [9.17, 15) is 4.79 Å². The van der Waals surface area contributed by atoms with Crippen LogP contribution in [0.4, 0.5) is 5.69 Å². The first-order valence-electron chi connectivity index (χ1n) is 7.01. The molecule has 1 aromatic carbocycles. The summed E-state index contributed by atoms with van der Waals surface area (Å²) in [6.07, 6.45) is 0.683. The SMILES string of the molecule is CC(C)Oc1ccc(NC(=O)CC2CSCCN2)cc1. The zero-order chi connectivity index (χ0) is 14.4. The van der Waals surface area contributed by atoms with Crippen molar-refractivity contribution in [1.82, 2.24) is 5.32 Å². The third-order valence-corrected chi connectivity index (χ3v) is 4.07. The fourth-order valence-corrected chi connectivity index (χ4v) is 3.02. The van der Waals surface area contributed by atoms with Crippen LogP contribution in [0, 0.1) is 0 Å². The molecule has 4 nitrogen and oxygen atoms in total. The summed E-state index contributed by atoms with van der Waals surface area (Å²) in [5.74, 6) is 3.02. The maximum absolute atomic E-state index is 12.0. The second-order valence-corrected chi connectivity index (χ2v) is 6.32. The van der Waals surface area contributed by atoms with Gasteiger partial charge in [-0.25, -0.2) is 0 Å². The topological polar surface area (TPSA) is 50.4 Å². The number of rotatable bonds is 5. The van der Waals surface area contributed by atoms with E-state index in [0.717, 1.165) is 29.5 Å². The van der Waals surface area contributed by atoms with Gasteiger partial charge in [-0.3, -0.25) is 4.79 Å². The van der Waals surface area contributed by atoms with Gasteiger partial charge in [-0.2, -0.15) is 11.8 Å². The van der Waals surface area contributed by atoms with E-state index in [-0.39, 0.29) is 18.1 Å². The van der Waals surface area contributed by atoms with Gasteiger partial charge in [0, 0.05) is 36.2 Å². The van der Waals surface area contributed by atoms with Gasteiger partial charge in [0.05, 0.1) is 6.10 Å². The molecule has 1 aliphatic rings. The Labute approximate surface area is 124 Å². The van der Waals surface area contributed by atoms with Crippen molar-refractivity contribution in [2.75, 3.05) is 23.4 Å². The number of ether oxygens (including phenoxy) is 1. The number of nitrogens with one attached hydrogen (secondary N) is 2. The Bertz CT molecular complexity index is 428. The minimum Gasteiger partial charge on any atom is -0.491 e. The number of carbonyl (C=O) groups excluding carboxylic acids is 1.